The highest BCUT2D eigenvalue weighted by atomic mass is 19.4. The van der Waals surface area contributed by atoms with Crippen molar-refractivity contribution in [3.8, 4) is 5.75 Å². The molecule has 1 aromatic carbocycles. The maximum atomic E-state index is 12.7. The van der Waals surface area contributed by atoms with Crippen molar-refractivity contribution in [3.63, 3.8) is 0 Å². The molecule has 1 heterocycles. The monoisotopic (exact) mass is 414 g/mol. The first-order chi connectivity index (χ1) is 13.7. The van der Waals surface area contributed by atoms with Crippen LogP contribution in [0.25, 0.3) is 0 Å². The van der Waals surface area contributed by atoms with Crippen molar-refractivity contribution in [2.45, 2.75) is 68.9 Å². The molecular formula is C22H33F3N2O2. The molecule has 2 aliphatic rings. The number of hydrogen-bond acceptors (Lipinski definition) is 4. The lowest BCUT2D eigenvalue weighted by molar-refractivity contribution is -0.274. The minimum Gasteiger partial charge on any atom is -0.406 e. The molecule has 1 aliphatic carbocycles. The maximum Gasteiger partial charge on any atom is 0.573 e. The number of alkyl halides is 3. The van der Waals surface area contributed by atoms with Gasteiger partial charge in [0.2, 0.25) is 0 Å². The van der Waals surface area contributed by atoms with Gasteiger partial charge in [0.15, 0.2) is 0 Å². The van der Waals surface area contributed by atoms with E-state index >= 15 is 0 Å². The number of nitrogens with zero attached hydrogens (tertiary/aromatic N) is 2. The summed E-state index contributed by atoms with van der Waals surface area (Å²) in [5.74, 6) is -0.454. The van der Waals surface area contributed by atoms with Gasteiger partial charge in [0.25, 0.3) is 0 Å². The Morgan fingerprint density at radius 2 is 1.93 bits per heavy atom. The smallest absolute Gasteiger partial charge is 0.406 e. The van der Waals surface area contributed by atoms with E-state index in [9.17, 15) is 18.3 Å². The molecule has 0 amide bonds. The number of ether oxygens (including phenoxy) is 1. The largest absolute Gasteiger partial charge is 0.573 e. The molecule has 1 N–H and O–H groups in total. The van der Waals surface area contributed by atoms with E-state index in [4.69, 9.17) is 0 Å². The van der Waals surface area contributed by atoms with Gasteiger partial charge in [-0.25, -0.2) is 0 Å². The number of benzene rings is 1. The fourth-order valence-electron chi connectivity index (χ4n) is 4.90. The Hall–Kier alpha value is -1.31. The van der Waals surface area contributed by atoms with Crippen molar-refractivity contribution < 1.29 is 23.0 Å². The van der Waals surface area contributed by atoms with Gasteiger partial charge in [-0.2, -0.15) is 0 Å². The van der Waals surface area contributed by atoms with E-state index in [-0.39, 0.29) is 11.7 Å². The minimum absolute atomic E-state index is 0.218. The van der Waals surface area contributed by atoms with Crippen molar-refractivity contribution in [1.82, 2.24) is 9.80 Å². The summed E-state index contributed by atoms with van der Waals surface area (Å²) in [6.07, 6.45) is 1.89. The van der Waals surface area contributed by atoms with Crippen LogP contribution in [0.3, 0.4) is 0 Å². The van der Waals surface area contributed by atoms with Crippen molar-refractivity contribution in [2.75, 3.05) is 33.7 Å². The molecule has 2 fully saturated rings. The normalized spacial score (nSPS) is 24.4. The van der Waals surface area contributed by atoms with Gasteiger partial charge in [-0.15, -0.1) is 13.2 Å². The lowest BCUT2D eigenvalue weighted by Crippen LogP contribution is -2.50. The van der Waals surface area contributed by atoms with Crippen LogP contribution in [0.2, 0.25) is 0 Å². The molecule has 164 valence electrons. The van der Waals surface area contributed by atoms with Crippen LogP contribution < -0.4 is 4.74 Å². The molecule has 1 aromatic rings. The Labute approximate surface area is 171 Å². The summed E-state index contributed by atoms with van der Waals surface area (Å²) < 4.78 is 42.3. The van der Waals surface area contributed by atoms with Crippen LogP contribution in [-0.4, -0.2) is 66.6 Å². The third-order valence-electron chi connectivity index (χ3n) is 6.51. The Morgan fingerprint density at radius 3 is 2.59 bits per heavy atom. The zero-order valence-electron chi connectivity index (χ0n) is 17.4. The third kappa shape index (κ3) is 6.09. The van der Waals surface area contributed by atoms with Crippen molar-refractivity contribution in [3.05, 3.63) is 29.8 Å². The van der Waals surface area contributed by atoms with E-state index < -0.39 is 12.0 Å². The van der Waals surface area contributed by atoms with E-state index in [1.54, 1.807) is 6.07 Å². The Balaban J connectivity index is 1.85. The number of likely N-dealkylation sites (tertiary alicyclic amines) is 1. The average Bonchev–Trinajstić information content (AvgIpc) is 2.65. The Kier molecular flexibility index (Phi) is 7.12. The molecule has 0 aromatic heterocycles. The molecule has 2 atom stereocenters. The van der Waals surface area contributed by atoms with Crippen molar-refractivity contribution in [2.24, 2.45) is 0 Å². The zero-order chi connectivity index (χ0) is 21.1. The standard InChI is InChI=1S/C22H33F3N2O2/c1-26(2)18-9-7-13-27(15-18)16-20(21(28)11-4-3-5-12-21)17-8-6-10-19(14-17)29-22(23,24)25/h6,8,10,14,18,20,28H,3-5,7,9,11-13,15-16H2,1-2H3. The summed E-state index contributed by atoms with van der Waals surface area (Å²) in [5.41, 5.74) is -0.164. The summed E-state index contributed by atoms with van der Waals surface area (Å²) >= 11 is 0. The number of piperidine rings is 1. The molecule has 4 nitrogen and oxygen atoms in total. The van der Waals surface area contributed by atoms with Gasteiger partial charge in [0.05, 0.1) is 5.60 Å². The summed E-state index contributed by atoms with van der Waals surface area (Å²) in [5, 5.41) is 11.5. The van der Waals surface area contributed by atoms with Crippen LogP contribution in [0.1, 0.15) is 56.4 Å². The van der Waals surface area contributed by atoms with E-state index in [2.05, 4.69) is 28.6 Å². The van der Waals surface area contributed by atoms with Crippen molar-refractivity contribution in [1.29, 1.82) is 0 Å². The average molecular weight is 415 g/mol. The molecule has 29 heavy (non-hydrogen) atoms. The topological polar surface area (TPSA) is 35.9 Å². The number of aliphatic hydroxyl groups is 1. The molecule has 0 bridgehead atoms. The van der Waals surface area contributed by atoms with Crippen LogP contribution in [0.4, 0.5) is 13.2 Å². The second-order valence-electron chi connectivity index (χ2n) is 8.86. The second-order valence-corrected chi connectivity index (χ2v) is 8.86. The fourth-order valence-corrected chi connectivity index (χ4v) is 4.90. The van der Waals surface area contributed by atoms with Gasteiger partial charge >= 0.3 is 6.36 Å². The fraction of sp³-hybridized carbons (Fsp3) is 0.727. The molecular weight excluding hydrogens is 381 g/mol. The highest BCUT2D eigenvalue weighted by Crippen LogP contribution is 2.42. The Morgan fingerprint density at radius 1 is 1.21 bits per heavy atom. The first-order valence-corrected chi connectivity index (χ1v) is 10.6. The molecule has 1 saturated heterocycles. The van der Waals surface area contributed by atoms with Gasteiger partial charge in [-0.05, 0) is 64.0 Å². The predicted octanol–water partition coefficient (Wildman–Crippen LogP) is 4.39. The number of hydrogen-bond donors (Lipinski definition) is 1. The van der Waals surface area contributed by atoms with Crippen LogP contribution >= 0.6 is 0 Å². The van der Waals surface area contributed by atoms with E-state index in [0.29, 0.717) is 25.4 Å². The van der Waals surface area contributed by atoms with E-state index in [1.165, 1.54) is 12.1 Å². The van der Waals surface area contributed by atoms with Gasteiger partial charge in [0, 0.05) is 25.0 Å². The highest BCUT2D eigenvalue weighted by Gasteiger charge is 2.40. The highest BCUT2D eigenvalue weighted by molar-refractivity contribution is 5.33. The summed E-state index contributed by atoms with van der Waals surface area (Å²) in [6, 6.07) is 6.66. The maximum absolute atomic E-state index is 12.7. The molecule has 7 heteroatoms. The van der Waals surface area contributed by atoms with Crippen LogP contribution in [0.5, 0.6) is 5.75 Å². The lowest BCUT2D eigenvalue weighted by Gasteiger charge is -2.44. The number of likely N-dealkylation sites (N-methyl/N-ethyl adjacent to an activating group) is 1. The second kappa shape index (κ2) is 9.23. The van der Waals surface area contributed by atoms with Crippen LogP contribution in [0.15, 0.2) is 24.3 Å². The SMILES string of the molecule is CN(C)C1CCCN(CC(c2cccc(OC(F)(F)F)c2)C2(O)CCCCC2)C1. The first kappa shape index (κ1) is 22.4. The summed E-state index contributed by atoms with van der Waals surface area (Å²) in [6.45, 7) is 2.52. The minimum atomic E-state index is -4.72. The molecule has 3 rings (SSSR count). The molecule has 0 radical (unpaired) electrons. The third-order valence-corrected chi connectivity index (χ3v) is 6.51. The summed E-state index contributed by atoms with van der Waals surface area (Å²) in [7, 11) is 4.16. The van der Waals surface area contributed by atoms with Gasteiger partial charge < -0.3 is 19.6 Å². The Bertz CT molecular complexity index is 660. The predicted molar refractivity (Wildman–Crippen MR) is 107 cm³/mol. The van der Waals surface area contributed by atoms with Crippen LogP contribution in [0, 0.1) is 0 Å². The van der Waals surface area contributed by atoms with E-state index in [0.717, 1.165) is 50.8 Å². The first-order valence-electron chi connectivity index (χ1n) is 10.6. The molecule has 1 aliphatic heterocycles. The lowest BCUT2D eigenvalue weighted by atomic mass is 9.72. The number of halogens is 3. The van der Waals surface area contributed by atoms with Crippen molar-refractivity contribution >= 4 is 0 Å². The molecule has 2 unspecified atom stereocenters. The van der Waals surface area contributed by atoms with Gasteiger partial charge in [0.1, 0.15) is 5.75 Å². The van der Waals surface area contributed by atoms with Crippen LogP contribution in [-0.2, 0) is 0 Å². The summed E-state index contributed by atoms with van der Waals surface area (Å²) in [4.78, 5) is 4.59. The quantitative estimate of drug-likeness (QED) is 0.749. The van der Waals surface area contributed by atoms with Gasteiger partial charge in [-0.1, -0.05) is 31.4 Å². The molecule has 0 spiro atoms. The van der Waals surface area contributed by atoms with Gasteiger partial charge in [-0.3, -0.25) is 0 Å². The molecule has 1 saturated carbocycles. The zero-order valence-corrected chi connectivity index (χ0v) is 17.4. The number of rotatable bonds is 6. The van der Waals surface area contributed by atoms with E-state index in [1.807, 2.05) is 6.07 Å².